The van der Waals surface area contributed by atoms with Gasteiger partial charge in [-0.3, -0.25) is 0 Å². The van der Waals surface area contributed by atoms with E-state index in [1.54, 1.807) is 11.8 Å². The van der Waals surface area contributed by atoms with Crippen molar-refractivity contribution in [3.63, 3.8) is 0 Å². The SMILES string of the molecule is CSc1nc(Cl)cc(SC2CCCNC2)n1. The zero-order valence-electron chi connectivity index (χ0n) is 9.07. The molecule has 0 amide bonds. The highest BCUT2D eigenvalue weighted by Gasteiger charge is 2.15. The minimum Gasteiger partial charge on any atom is -0.316 e. The molecule has 0 bridgehead atoms. The summed E-state index contributed by atoms with van der Waals surface area (Å²) in [6.45, 7) is 2.19. The lowest BCUT2D eigenvalue weighted by Gasteiger charge is -2.21. The zero-order valence-corrected chi connectivity index (χ0v) is 11.5. The van der Waals surface area contributed by atoms with Gasteiger partial charge in [0.05, 0.1) is 0 Å². The molecule has 1 unspecified atom stereocenters. The van der Waals surface area contributed by atoms with Gasteiger partial charge in [0.2, 0.25) is 0 Å². The van der Waals surface area contributed by atoms with E-state index in [-0.39, 0.29) is 0 Å². The highest BCUT2D eigenvalue weighted by atomic mass is 35.5. The van der Waals surface area contributed by atoms with Crippen molar-refractivity contribution in [2.24, 2.45) is 0 Å². The summed E-state index contributed by atoms with van der Waals surface area (Å²) in [7, 11) is 0. The van der Waals surface area contributed by atoms with Crippen LogP contribution in [-0.4, -0.2) is 34.6 Å². The van der Waals surface area contributed by atoms with Crippen LogP contribution in [0.1, 0.15) is 12.8 Å². The number of piperidine rings is 1. The maximum atomic E-state index is 5.95. The van der Waals surface area contributed by atoms with E-state index in [2.05, 4.69) is 15.3 Å². The summed E-state index contributed by atoms with van der Waals surface area (Å²) < 4.78 is 0. The molecule has 0 radical (unpaired) electrons. The van der Waals surface area contributed by atoms with Crippen molar-refractivity contribution in [2.75, 3.05) is 19.3 Å². The Morgan fingerprint density at radius 1 is 1.50 bits per heavy atom. The van der Waals surface area contributed by atoms with Crippen molar-refractivity contribution in [2.45, 2.75) is 28.3 Å². The molecule has 0 saturated carbocycles. The van der Waals surface area contributed by atoms with Gasteiger partial charge in [-0.2, -0.15) is 0 Å². The van der Waals surface area contributed by atoms with Crippen LogP contribution in [0.2, 0.25) is 5.15 Å². The van der Waals surface area contributed by atoms with Crippen LogP contribution in [-0.2, 0) is 0 Å². The molecule has 1 atom stereocenters. The molecule has 6 heteroatoms. The van der Waals surface area contributed by atoms with Crippen LogP contribution >= 0.6 is 35.1 Å². The Morgan fingerprint density at radius 3 is 3.06 bits per heavy atom. The first-order valence-electron chi connectivity index (χ1n) is 5.24. The van der Waals surface area contributed by atoms with Crippen molar-refractivity contribution in [3.05, 3.63) is 11.2 Å². The molecular weight excluding hydrogens is 262 g/mol. The minimum atomic E-state index is 0.533. The van der Waals surface area contributed by atoms with Gasteiger partial charge in [0, 0.05) is 17.9 Å². The van der Waals surface area contributed by atoms with Gasteiger partial charge in [0.1, 0.15) is 10.2 Å². The lowest BCUT2D eigenvalue weighted by molar-refractivity contribution is 0.531. The molecule has 2 rings (SSSR count). The Hall–Kier alpha value is 0.0300. The molecule has 2 heterocycles. The summed E-state index contributed by atoms with van der Waals surface area (Å²) in [4.78, 5) is 8.58. The van der Waals surface area contributed by atoms with E-state index in [0.29, 0.717) is 10.4 Å². The predicted molar refractivity (Wildman–Crippen MR) is 70.6 cm³/mol. The lowest BCUT2D eigenvalue weighted by atomic mass is 10.2. The maximum Gasteiger partial charge on any atom is 0.189 e. The first kappa shape index (κ1) is 12.5. The number of rotatable bonds is 3. The summed E-state index contributed by atoms with van der Waals surface area (Å²) in [6, 6.07) is 1.85. The summed E-state index contributed by atoms with van der Waals surface area (Å²) in [6.07, 6.45) is 4.45. The summed E-state index contributed by atoms with van der Waals surface area (Å²) in [5.41, 5.74) is 0. The van der Waals surface area contributed by atoms with E-state index in [0.717, 1.165) is 23.3 Å². The van der Waals surface area contributed by atoms with Crippen LogP contribution in [0, 0.1) is 0 Å². The number of nitrogens with one attached hydrogen (secondary N) is 1. The standard InChI is InChI=1S/C10H14ClN3S2/c1-15-10-13-8(11)5-9(14-10)16-7-3-2-4-12-6-7/h5,7,12H,2-4,6H2,1H3. The van der Waals surface area contributed by atoms with Crippen LogP contribution in [0.3, 0.4) is 0 Å². The summed E-state index contributed by atoms with van der Waals surface area (Å²) >= 11 is 9.27. The van der Waals surface area contributed by atoms with Gasteiger partial charge in [-0.1, -0.05) is 23.4 Å². The molecule has 1 aliphatic rings. The van der Waals surface area contributed by atoms with Crippen LogP contribution in [0.5, 0.6) is 0 Å². The average molecular weight is 276 g/mol. The molecule has 1 fully saturated rings. The van der Waals surface area contributed by atoms with Crippen molar-refractivity contribution in [1.82, 2.24) is 15.3 Å². The molecule has 0 aromatic carbocycles. The minimum absolute atomic E-state index is 0.533. The van der Waals surface area contributed by atoms with Gasteiger partial charge in [-0.25, -0.2) is 9.97 Å². The van der Waals surface area contributed by atoms with E-state index in [9.17, 15) is 0 Å². The molecular formula is C10H14ClN3S2. The van der Waals surface area contributed by atoms with E-state index >= 15 is 0 Å². The van der Waals surface area contributed by atoms with Crippen molar-refractivity contribution in [1.29, 1.82) is 0 Å². The van der Waals surface area contributed by atoms with Gasteiger partial charge < -0.3 is 5.32 Å². The zero-order chi connectivity index (χ0) is 11.4. The largest absolute Gasteiger partial charge is 0.316 e. The second-order valence-corrected chi connectivity index (χ2v) is 6.08. The van der Waals surface area contributed by atoms with Crippen LogP contribution in [0.25, 0.3) is 0 Å². The molecule has 1 aromatic rings. The second kappa shape index (κ2) is 6.10. The predicted octanol–water partition coefficient (Wildman–Crippen LogP) is 2.70. The van der Waals surface area contributed by atoms with E-state index in [1.807, 2.05) is 12.3 Å². The van der Waals surface area contributed by atoms with Gasteiger partial charge in [-0.05, 0) is 25.6 Å². The monoisotopic (exact) mass is 275 g/mol. The van der Waals surface area contributed by atoms with Gasteiger partial charge in [0.25, 0.3) is 0 Å². The van der Waals surface area contributed by atoms with Crippen LogP contribution in [0.4, 0.5) is 0 Å². The number of halogens is 1. The third-order valence-electron chi connectivity index (χ3n) is 2.37. The Morgan fingerprint density at radius 2 is 2.38 bits per heavy atom. The number of nitrogens with zero attached hydrogens (tertiary/aromatic N) is 2. The third-order valence-corrected chi connectivity index (χ3v) is 4.30. The maximum absolute atomic E-state index is 5.95. The van der Waals surface area contributed by atoms with E-state index < -0.39 is 0 Å². The van der Waals surface area contributed by atoms with Crippen molar-refractivity contribution in [3.8, 4) is 0 Å². The Labute approximate surface area is 109 Å². The molecule has 0 aliphatic carbocycles. The third kappa shape index (κ3) is 3.52. The fourth-order valence-electron chi connectivity index (χ4n) is 1.62. The molecule has 1 aliphatic heterocycles. The Balaban J connectivity index is 2.04. The number of thioether (sulfide) groups is 2. The van der Waals surface area contributed by atoms with Crippen LogP contribution in [0.15, 0.2) is 16.2 Å². The first-order valence-corrected chi connectivity index (χ1v) is 7.72. The molecule has 16 heavy (non-hydrogen) atoms. The lowest BCUT2D eigenvalue weighted by Crippen LogP contribution is -2.31. The number of hydrogen-bond acceptors (Lipinski definition) is 5. The van der Waals surface area contributed by atoms with Gasteiger partial charge in [-0.15, -0.1) is 11.8 Å². The van der Waals surface area contributed by atoms with Crippen LogP contribution < -0.4 is 5.32 Å². The topological polar surface area (TPSA) is 37.8 Å². The fraction of sp³-hybridized carbons (Fsp3) is 0.600. The van der Waals surface area contributed by atoms with Crippen molar-refractivity contribution < 1.29 is 0 Å². The molecule has 3 nitrogen and oxygen atoms in total. The van der Waals surface area contributed by atoms with E-state index in [1.165, 1.54) is 24.6 Å². The van der Waals surface area contributed by atoms with Gasteiger partial charge >= 0.3 is 0 Å². The molecule has 0 spiro atoms. The quantitative estimate of drug-likeness (QED) is 0.522. The van der Waals surface area contributed by atoms with Crippen molar-refractivity contribution >= 4 is 35.1 Å². The normalized spacial score (nSPS) is 21.0. The number of aromatic nitrogens is 2. The smallest absolute Gasteiger partial charge is 0.189 e. The summed E-state index contributed by atoms with van der Waals surface area (Å²) in [5.74, 6) is 0. The number of hydrogen-bond donors (Lipinski definition) is 1. The molecule has 1 N–H and O–H groups in total. The Kier molecular flexibility index (Phi) is 4.76. The van der Waals surface area contributed by atoms with Gasteiger partial charge in [0.15, 0.2) is 5.16 Å². The summed E-state index contributed by atoms with van der Waals surface area (Å²) in [5, 5.41) is 6.27. The Bertz CT molecular complexity index is 356. The second-order valence-electron chi connectivity index (χ2n) is 3.60. The fourth-order valence-corrected chi connectivity index (χ4v) is 3.50. The molecule has 1 aromatic heterocycles. The average Bonchev–Trinajstić information content (AvgIpc) is 2.29. The van der Waals surface area contributed by atoms with E-state index in [4.69, 9.17) is 11.6 Å². The highest BCUT2D eigenvalue weighted by molar-refractivity contribution is 8.00. The first-order chi connectivity index (χ1) is 7.78. The highest BCUT2D eigenvalue weighted by Crippen LogP contribution is 2.28. The molecule has 1 saturated heterocycles. The molecule has 88 valence electrons.